The third-order valence-electron chi connectivity index (χ3n) is 3.62. The molecule has 2 unspecified atom stereocenters. The first-order chi connectivity index (χ1) is 7.33. The lowest BCUT2D eigenvalue weighted by molar-refractivity contribution is 0.348. The van der Waals surface area contributed by atoms with E-state index in [-0.39, 0.29) is 0 Å². The molecule has 15 heavy (non-hydrogen) atoms. The lowest BCUT2D eigenvalue weighted by Crippen LogP contribution is -2.34. The molecular formula is C14H21N. The van der Waals surface area contributed by atoms with Crippen LogP contribution in [0.25, 0.3) is 0 Å². The van der Waals surface area contributed by atoms with Gasteiger partial charge in [-0.1, -0.05) is 38.1 Å². The van der Waals surface area contributed by atoms with Gasteiger partial charge in [0.2, 0.25) is 0 Å². The highest BCUT2D eigenvalue weighted by atomic mass is 14.9. The van der Waals surface area contributed by atoms with Crippen molar-refractivity contribution in [1.29, 1.82) is 0 Å². The number of benzene rings is 1. The predicted molar refractivity (Wildman–Crippen MR) is 65.2 cm³/mol. The molecule has 0 bridgehead atoms. The van der Waals surface area contributed by atoms with Crippen LogP contribution >= 0.6 is 0 Å². The van der Waals surface area contributed by atoms with Crippen LogP contribution < -0.4 is 5.32 Å². The molecule has 1 heteroatoms. The van der Waals surface area contributed by atoms with Crippen molar-refractivity contribution in [3.63, 3.8) is 0 Å². The minimum atomic E-state index is 0.766. The van der Waals surface area contributed by atoms with Gasteiger partial charge in [0.15, 0.2) is 0 Å². The monoisotopic (exact) mass is 203 g/mol. The van der Waals surface area contributed by atoms with E-state index in [9.17, 15) is 0 Å². The molecule has 0 spiro atoms. The maximum atomic E-state index is 3.47. The molecule has 2 rings (SSSR count). The molecule has 2 atom stereocenters. The summed E-state index contributed by atoms with van der Waals surface area (Å²) in [5.74, 6) is 1.54. The largest absolute Gasteiger partial charge is 0.316 e. The van der Waals surface area contributed by atoms with Gasteiger partial charge < -0.3 is 5.32 Å². The SMILES string of the molecule is CCc1ccccc1C1CCNCC1C. The first kappa shape index (κ1) is 10.7. The zero-order valence-corrected chi connectivity index (χ0v) is 9.79. The standard InChI is InChI=1S/C14H21N/c1-3-12-6-4-5-7-14(12)13-8-9-15-10-11(13)2/h4-7,11,13,15H,3,8-10H2,1-2H3. The molecule has 0 amide bonds. The second-order valence-electron chi connectivity index (χ2n) is 4.63. The highest BCUT2D eigenvalue weighted by molar-refractivity contribution is 5.31. The Morgan fingerprint density at radius 1 is 1.33 bits per heavy atom. The number of hydrogen-bond donors (Lipinski definition) is 1. The molecule has 0 aromatic heterocycles. The van der Waals surface area contributed by atoms with Gasteiger partial charge in [-0.3, -0.25) is 0 Å². The van der Waals surface area contributed by atoms with Crippen molar-refractivity contribution >= 4 is 0 Å². The van der Waals surface area contributed by atoms with Crippen LogP contribution in [-0.4, -0.2) is 13.1 Å². The van der Waals surface area contributed by atoms with E-state index in [0.29, 0.717) is 0 Å². The first-order valence-corrected chi connectivity index (χ1v) is 6.11. The summed E-state index contributed by atoms with van der Waals surface area (Å²) in [6.07, 6.45) is 2.45. The van der Waals surface area contributed by atoms with E-state index >= 15 is 0 Å². The minimum absolute atomic E-state index is 0.766. The molecule has 0 saturated carbocycles. The van der Waals surface area contributed by atoms with Crippen molar-refractivity contribution in [1.82, 2.24) is 5.32 Å². The Labute approximate surface area is 92.9 Å². The zero-order chi connectivity index (χ0) is 10.7. The Bertz CT molecular complexity index is 319. The fourth-order valence-corrected chi connectivity index (χ4v) is 2.69. The summed E-state index contributed by atoms with van der Waals surface area (Å²) < 4.78 is 0. The lowest BCUT2D eigenvalue weighted by atomic mass is 9.80. The van der Waals surface area contributed by atoms with Crippen LogP contribution in [-0.2, 0) is 6.42 Å². The summed E-state index contributed by atoms with van der Waals surface area (Å²) in [5.41, 5.74) is 3.13. The molecule has 1 aliphatic rings. The second-order valence-corrected chi connectivity index (χ2v) is 4.63. The van der Waals surface area contributed by atoms with E-state index in [4.69, 9.17) is 0 Å². The summed E-state index contributed by atoms with van der Waals surface area (Å²) in [6, 6.07) is 8.95. The zero-order valence-electron chi connectivity index (χ0n) is 9.79. The molecule has 0 radical (unpaired) electrons. The molecule has 1 nitrogen and oxygen atoms in total. The average molecular weight is 203 g/mol. The van der Waals surface area contributed by atoms with E-state index in [1.807, 2.05) is 0 Å². The third kappa shape index (κ3) is 2.23. The Morgan fingerprint density at radius 3 is 2.87 bits per heavy atom. The maximum Gasteiger partial charge on any atom is -0.00173 e. The van der Waals surface area contributed by atoms with Crippen molar-refractivity contribution < 1.29 is 0 Å². The van der Waals surface area contributed by atoms with Crippen LogP contribution in [0, 0.1) is 5.92 Å². The molecular weight excluding hydrogens is 182 g/mol. The van der Waals surface area contributed by atoms with Gasteiger partial charge in [0.1, 0.15) is 0 Å². The van der Waals surface area contributed by atoms with E-state index in [0.717, 1.165) is 18.3 Å². The summed E-state index contributed by atoms with van der Waals surface area (Å²) in [4.78, 5) is 0. The second kappa shape index (κ2) is 4.80. The van der Waals surface area contributed by atoms with Crippen LogP contribution in [0.1, 0.15) is 37.3 Å². The van der Waals surface area contributed by atoms with Gasteiger partial charge in [0, 0.05) is 0 Å². The van der Waals surface area contributed by atoms with E-state index in [1.54, 1.807) is 5.56 Å². The Morgan fingerprint density at radius 2 is 2.13 bits per heavy atom. The Hall–Kier alpha value is -0.820. The van der Waals surface area contributed by atoms with Crippen LogP contribution in [0.15, 0.2) is 24.3 Å². The van der Waals surface area contributed by atoms with Gasteiger partial charge in [0.25, 0.3) is 0 Å². The van der Waals surface area contributed by atoms with Crippen LogP contribution in [0.2, 0.25) is 0 Å². The quantitative estimate of drug-likeness (QED) is 0.779. The molecule has 1 aliphatic heterocycles. The van der Waals surface area contributed by atoms with Gasteiger partial charge in [0.05, 0.1) is 0 Å². The van der Waals surface area contributed by atoms with Gasteiger partial charge in [-0.25, -0.2) is 0 Å². The molecule has 0 aliphatic carbocycles. The van der Waals surface area contributed by atoms with Crippen molar-refractivity contribution in [3.05, 3.63) is 35.4 Å². The van der Waals surface area contributed by atoms with Crippen molar-refractivity contribution in [2.24, 2.45) is 5.92 Å². The summed E-state index contributed by atoms with van der Waals surface area (Å²) in [7, 11) is 0. The molecule has 82 valence electrons. The van der Waals surface area contributed by atoms with Crippen molar-refractivity contribution in [2.45, 2.75) is 32.6 Å². The smallest absolute Gasteiger partial charge is 0.00173 e. The molecule has 1 heterocycles. The van der Waals surface area contributed by atoms with Crippen LogP contribution in [0.4, 0.5) is 0 Å². The Kier molecular flexibility index (Phi) is 3.42. The van der Waals surface area contributed by atoms with Gasteiger partial charge in [-0.2, -0.15) is 0 Å². The third-order valence-corrected chi connectivity index (χ3v) is 3.62. The van der Waals surface area contributed by atoms with Crippen molar-refractivity contribution in [3.8, 4) is 0 Å². The fraction of sp³-hybridized carbons (Fsp3) is 0.571. The summed E-state index contributed by atoms with van der Waals surface area (Å²) >= 11 is 0. The van der Waals surface area contributed by atoms with Gasteiger partial charge in [-0.15, -0.1) is 0 Å². The lowest BCUT2D eigenvalue weighted by Gasteiger charge is -2.31. The van der Waals surface area contributed by atoms with Crippen LogP contribution in [0.5, 0.6) is 0 Å². The molecule has 1 aromatic rings. The Balaban J connectivity index is 2.26. The van der Waals surface area contributed by atoms with Gasteiger partial charge in [-0.05, 0) is 48.9 Å². The summed E-state index contributed by atoms with van der Waals surface area (Å²) in [6.45, 7) is 6.96. The summed E-state index contributed by atoms with van der Waals surface area (Å²) in [5, 5.41) is 3.47. The molecule has 1 N–H and O–H groups in total. The highest BCUT2D eigenvalue weighted by Gasteiger charge is 2.23. The maximum absolute atomic E-state index is 3.47. The minimum Gasteiger partial charge on any atom is -0.316 e. The topological polar surface area (TPSA) is 12.0 Å². The fourth-order valence-electron chi connectivity index (χ4n) is 2.69. The molecule has 1 aromatic carbocycles. The molecule has 1 saturated heterocycles. The molecule has 1 fully saturated rings. The number of aryl methyl sites for hydroxylation is 1. The predicted octanol–water partition coefficient (Wildman–Crippen LogP) is 2.96. The van der Waals surface area contributed by atoms with Crippen LogP contribution in [0.3, 0.4) is 0 Å². The highest BCUT2D eigenvalue weighted by Crippen LogP contribution is 2.32. The van der Waals surface area contributed by atoms with E-state index < -0.39 is 0 Å². The van der Waals surface area contributed by atoms with E-state index in [2.05, 4.69) is 43.4 Å². The first-order valence-electron chi connectivity index (χ1n) is 6.11. The number of piperidine rings is 1. The normalized spacial score (nSPS) is 26.5. The number of rotatable bonds is 2. The average Bonchev–Trinajstić information content (AvgIpc) is 2.30. The van der Waals surface area contributed by atoms with E-state index in [1.165, 1.54) is 25.1 Å². The number of hydrogen-bond acceptors (Lipinski definition) is 1. The van der Waals surface area contributed by atoms with Gasteiger partial charge >= 0.3 is 0 Å². The van der Waals surface area contributed by atoms with Crippen molar-refractivity contribution in [2.75, 3.05) is 13.1 Å². The number of nitrogens with one attached hydrogen (secondary N) is 1.